The summed E-state index contributed by atoms with van der Waals surface area (Å²) in [5.41, 5.74) is 2.63. The topological polar surface area (TPSA) is 64.9 Å². The van der Waals surface area contributed by atoms with Gasteiger partial charge < -0.3 is 19.2 Å². The molecule has 1 aromatic carbocycles. The summed E-state index contributed by atoms with van der Waals surface area (Å²) in [6.45, 7) is 0.642. The molecule has 0 saturated carbocycles. The minimum Gasteiger partial charge on any atom is -0.454 e. The highest BCUT2D eigenvalue weighted by molar-refractivity contribution is 6.30. The molecular formula is C18H16ClN3O3. The molecule has 1 amide bonds. The van der Waals surface area contributed by atoms with Crippen LogP contribution in [-0.2, 0) is 17.8 Å². The fourth-order valence-electron chi connectivity index (χ4n) is 2.73. The van der Waals surface area contributed by atoms with Crippen molar-refractivity contribution in [3.63, 3.8) is 0 Å². The summed E-state index contributed by atoms with van der Waals surface area (Å²) in [5.74, 6) is 1.47. The van der Waals surface area contributed by atoms with E-state index in [-0.39, 0.29) is 12.7 Å². The Kier molecular flexibility index (Phi) is 4.19. The molecule has 128 valence electrons. The number of pyridine rings is 1. The van der Waals surface area contributed by atoms with Crippen molar-refractivity contribution in [2.75, 3.05) is 6.79 Å². The summed E-state index contributed by atoms with van der Waals surface area (Å²) in [7, 11) is 0. The van der Waals surface area contributed by atoms with Gasteiger partial charge in [0.1, 0.15) is 5.65 Å². The van der Waals surface area contributed by atoms with Gasteiger partial charge in [-0.2, -0.15) is 0 Å². The normalized spacial score (nSPS) is 12.5. The standard InChI is InChI=1S/C18H16ClN3O3/c19-13-3-5-17-21-14(10-22(17)9-13)8-20-18(23)6-2-12-1-4-15-16(7-12)25-11-24-15/h1,3-5,7,9-10H,2,6,8,11H2,(H,20,23). The van der Waals surface area contributed by atoms with Gasteiger partial charge in [0.05, 0.1) is 17.3 Å². The number of amides is 1. The van der Waals surface area contributed by atoms with Crippen molar-refractivity contribution in [1.82, 2.24) is 14.7 Å². The number of halogens is 1. The van der Waals surface area contributed by atoms with Crippen molar-refractivity contribution in [3.8, 4) is 11.5 Å². The molecule has 0 bridgehead atoms. The van der Waals surface area contributed by atoms with Gasteiger partial charge in [-0.3, -0.25) is 4.79 Å². The van der Waals surface area contributed by atoms with Crippen LogP contribution in [0, 0.1) is 0 Å². The van der Waals surface area contributed by atoms with Gasteiger partial charge in [0, 0.05) is 18.8 Å². The molecule has 6 nitrogen and oxygen atoms in total. The van der Waals surface area contributed by atoms with Crippen molar-refractivity contribution < 1.29 is 14.3 Å². The fourth-order valence-corrected chi connectivity index (χ4v) is 2.90. The number of fused-ring (bicyclic) bond motifs is 2. The van der Waals surface area contributed by atoms with Gasteiger partial charge in [-0.25, -0.2) is 4.98 Å². The third kappa shape index (κ3) is 3.53. The van der Waals surface area contributed by atoms with E-state index in [1.54, 1.807) is 12.3 Å². The molecule has 3 heterocycles. The molecule has 3 aromatic rings. The lowest BCUT2D eigenvalue weighted by Gasteiger charge is -2.04. The average molecular weight is 358 g/mol. The van der Waals surface area contributed by atoms with Gasteiger partial charge in [-0.15, -0.1) is 0 Å². The van der Waals surface area contributed by atoms with E-state index in [4.69, 9.17) is 21.1 Å². The van der Waals surface area contributed by atoms with Crippen LogP contribution in [0.1, 0.15) is 17.7 Å². The molecule has 0 atom stereocenters. The number of aromatic nitrogens is 2. The number of nitrogens with one attached hydrogen (secondary N) is 1. The Hall–Kier alpha value is -2.73. The molecule has 7 heteroatoms. The molecule has 25 heavy (non-hydrogen) atoms. The van der Waals surface area contributed by atoms with Gasteiger partial charge in [0.25, 0.3) is 0 Å². The second kappa shape index (κ2) is 6.64. The zero-order valence-corrected chi connectivity index (χ0v) is 14.1. The molecule has 4 rings (SSSR count). The molecule has 0 radical (unpaired) electrons. The SMILES string of the molecule is O=C(CCc1ccc2c(c1)OCO2)NCc1cn2cc(Cl)ccc2n1. The van der Waals surface area contributed by atoms with E-state index in [0.717, 1.165) is 28.4 Å². The summed E-state index contributed by atoms with van der Waals surface area (Å²) in [6.07, 6.45) is 4.69. The maximum absolute atomic E-state index is 12.1. The predicted octanol–water partition coefficient (Wildman–Crippen LogP) is 2.97. The van der Waals surface area contributed by atoms with Gasteiger partial charge in [0.2, 0.25) is 12.7 Å². The summed E-state index contributed by atoms with van der Waals surface area (Å²) in [4.78, 5) is 16.5. The highest BCUT2D eigenvalue weighted by Crippen LogP contribution is 2.32. The summed E-state index contributed by atoms with van der Waals surface area (Å²) in [6, 6.07) is 9.37. The third-order valence-electron chi connectivity index (χ3n) is 4.01. The Bertz CT molecular complexity index is 938. The van der Waals surface area contributed by atoms with E-state index < -0.39 is 0 Å². The van der Waals surface area contributed by atoms with Crippen molar-refractivity contribution >= 4 is 23.2 Å². The number of hydrogen-bond acceptors (Lipinski definition) is 4. The van der Waals surface area contributed by atoms with Crippen LogP contribution in [0.3, 0.4) is 0 Å². The summed E-state index contributed by atoms with van der Waals surface area (Å²) in [5, 5.41) is 3.54. The first-order chi connectivity index (χ1) is 12.2. The molecule has 1 aliphatic heterocycles. The molecular weight excluding hydrogens is 342 g/mol. The van der Waals surface area contributed by atoms with Crippen LogP contribution < -0.4 is 14.8 Å². The minimum absolute atomic E-state index is 0.0206. The van der Waals surface area contributed by atoms with Gasteiger partial charge in [-0.05, 0) is 36.2 Å². The monoisotopic (exact) mass is 357 g/mol. The number of ether oxygens (including phenoxy) is 2. The highest BCUT2D eigenvalue weighted by atomic mass is 35.5. The lowest BCUT2D eigenvalue weighted by Crippen LogP contribution is -2.23. The zero-order chi connectivity index (χ0) is 17.2. The quantitative estimate of drug-likeness (QED) is 0.762. The number of carbonyl (C=O) groups excluding carboxylic acids is 1. The lowest BCUT2D eigenvalue weighted by molar-refractivity contribution is -0.121. The Labute approximate surface area is 149 Å². The molecule has 0 saturated heterocycles. The van der Waals surface area contributed by atoms with Gasteiger partial charge in [0.15, 0.2) is 11.5 Å². The summed E-state index contributed by atoms with van der Waals surface area (Å²) < 4.78 is 12.5. The number of carbonyl (C=O) groups is 1. The van der Waals surface area contributed by atoms with Crippen LogP contribution in [0.5, 0.6) is 11.5 Å². The molecule has 2 aromatic heterocycles. The molecule has 0 unspecified atom stereocenters. The molecule has 0 aliphatic carbocycles. The first-order valence-corrected chi connectivity index (χ1v) is 8.33. The van der Waals surface area contributed by atoms with E-state index >= 15 is 0 Å². The first kappa shape index (κ1) is 15.8. The highest BCUT2D eigenvalue weighted by Gasteiger charge is 2.13. The van der Waals surface area contributed by atoms with Crippen LogP contribution in [-0.4, -0.2) is 22.1 Å². The minimum atomic E-state index is -0.0206. The van der Waals surface area contributed by atoms with Crippen molar-refractivity contribution in [2.45, 2.75) is 19.4 Å². The molecule has 0 fully saturated rings. The van der Waals surface area contributed by atoms with E-state index in [1.807, 2.05) is 34.9 Å². The van der Waals surface area contributed by atoms with E-state index in [9.17, 15) is 4.79 Å². The smallest absolute Gasteiger partial charge is 0.231 e. The Morgan fingerprint density at radius 2 is 2.08 bits per heavy atom. The second-order valence-corrected chi connectivity index (χ2v) is 6.25. The number of aryl methyl sites for hydroxylation is 1. The largest absolute Gasteiger partial charge is 0.454 e. The van der Waals surface area contributed by atoms with Crippen LogP contribution in [0.4, 0.5) is 0 Å². The van der Waals surface area contributed by atoms with Crippen molar-refractivity contribution in [2.24, 2.45) is 0 Å². The molecule has 1 N–H and O–H groups in total. The van der Waals surface area contributed by atoms with Crippen LogP contribution in [0.15, 0.2) is 42.7 Å². The van der Waals surface area contributed by atoms with Gasteiger partial charge in [-0.1, -0.05) is 17.7 Å². The van der Waals surface area contributed by atoms with Crippen molar-refractivity contribution in [1.29, 1.82) is 0 Å². The maximum Gasteiger partial charge on any atom is 0.231 e. The maximum atomic E-state index is 12.1. The number of imidazole rings is 1. The zero-order valence-electron chi connectivity index (χ0n) is 13.4. The Morgan fingerprint density at radius 3 is 3.00 bits per heavy atom. The third-order valence-corrected chi connectivity index (χ3v) is 4.23. The predicted molar refractivity (Wildman–Crippen MR) is 92.9 cm³/mol. The number of hydrogen-bond donors (Lipinski definition) is 1. The van der Waals surface area contributed by atoms with E-state index in [1.165, 1.54) is 0 Å². The lowest BCUT2D eigenvalue weighted by atomic mass is 10.1. The van der Waals surface area contributed by atoms with Gasteiger partial charge >= 0.3 is 0 Å². The molecule has 0 spiro atoms. The Balaban J connectivity index is 1.31. The number of nitrogens with zero attached hydrogens (tertiary/aromatic N) is 2. The fraction of sp³-hybridized carbons (Fsp3) is 0.222. The van der Waals surface area contributed by atoms with E-state index in [0.29, 0.717) is 24.4 Å². The van der Waals surface area contributed by atoms with Crippen LogP contribution in [0.25, 0.3) is 5.65 Å². The van der Waals surface area contributed by atoms with Crippen LogP contribution >= 0.6 is 11.6 Å². The first-order valence-electron chi connectivity index (χ1n) is 7.96. The van der Waals surface area contributed by atoms with Crippen molar-refractivity contribution in [3.05, 3.63) is 59.0 Å². The molecule has 1 aliphatic rings. The summed E-state index contributed by atoms with van der Waals surface area (Å²) >= 11 is 5.96. The number of rotatable bonds is 5. The Morgan fingerprint density at radius 1 is 1.20 bits per heavy atom. The average Bonchev–Trinajstić information content (AvgIpc) is 3.23. The van der Waals surface area contributed by atoms with Crippen LogP contribution in [0.2, 0.25) is 5.02 Å². The second-order valence-electron chi connectivity index (χ2n) is 5.81. The van der Waals surface area contributed by atoms with E-state index in [2.05, 4.69) is 10.3 Å². The number of benzene rings is 1.